The largest absolute Gasteiger partial charge is 0.366 e. The minimum absolute atomic E-state index is 0.635. The molecule has 1 aromatic carbocycles. The zero-order valence-corrected chi connectivity index (χ0v) is 10.2. The summed E-state index contributed by atoms with van der Waals surface area (Å²) in [5.41, 5.74) is 6.77. The maximum Gasteiger partial charge on any atom is 0.173 e. The highest BCUT2D eigenvalue weighted by Gasteiger charge is 2.40. The Morgan fingerprint density at radius 3 is 2.82 bits per heavy atom. The van der Waals surface area contributed by atoms with Gasteiger partial charge in [0.05, 0.1) is 5.54 Å². The van der Waals surface area contributed by atoms with Gasteiger partial charge in [0.2, 0.25) is 0 Å². The number of benzene rings is 1. The minimum atomic E-state index is -0.886. The Morgan fingerprint density at radius 1 is 1.47 bits per heavy atom. The predicted octanol–water partition coefficient (Wildman–Crippen LogP) is 0.555. The molecule has 2 atom stereocenters. The van der Waals surface area contributed by atoms with Gasteiger partial charge >= 0.3 is 0 Å². The van der Waals surface area contributed by atoms with E-state index < -0.39 is 11.8 Å². The van der Waals surface area contributed by atoms with Crippen molar-refractivity contribution in [1.29, 1.82) is 0 Å². The number of ether oxygens (including phenoxy) is 1. The lowest BCUT2D eigenvalue weighted by Crippen LogP contribution is -2.53. The quantitative estimate of drug-likeness (QED) is 0.750. The molecule has 4 nitrogen and oxygen atoms in total. The molecule has 17 heavy (non-hydrogen) atoms. The van der Waals surface area contributed by atoms with Crippen LogP contribution < -0.4 is 5.73 Å². The SMILES string of the molecule is COC(O)C1(N)CCN(Cc2ccccc2)C1. The molecule has 0 radical (unpaired) electrons. The van der Waals surface area contributed by atoms with Crippen molar-refractivity contribution in [3.63, 3.8) is 0 Å². The molecule has 1 aliphatic rings. The Bertz CT molecular complexity index is 358. The molecule has 1 saturated heterocycles. The summed E-state index contributed by atoms with van der Waals surface area (Å²) in [6.45, 7) is 2.43. The van der Waals surface area contributed by atoms with Crippen molar-refractivity contribution in [2.75, 3.05) is 20.2 Å². The maximum absolute atomic E-state index is 9.73. The van der Waals surface area contributed by atoms with Crippen molar-refractivity contribution in [3.05, 3.63) is 35.9 Å². The summed E-state index contributed by atoms with van der Waals surface area (Å²) in [4.78, 5) is 2.25. The summed E-state index contributed by atoms with van der Waals surface area (Å²) >= 11 is 0. The van der Waals surface area contributed by atoms with E-state index in [-0.39, 0.29) is 0 Å². The molecular weight excluding hydrogens is 216 g/mol. The summed E-state index contributed by atoms with van der Waals surface area (Å²) in [7, 11) is 1.49. The molecule has 94 valence electrons. The van der Waals surface area contributed by atoms with Crippen LogP contribution in [0.25, 0.3) is 0 Å². The number of hydrogen-bond donors (Lipinski definition) is 2. The average molecular weight is 236 g/mol. The van der Waals surface area contributed by atoms with Crippen molar-refractivity contribution in [2.24, 2.45) is 5.73 Å². The fraction of sp³-hybridized carbons (Fsp3) is 0.538. The standard InChI is InChI=1S/C13H20N2O2/c1-17-12(16)13(14)7-8-15(10-13)9-11-5-3-2-4-6-11/h2-6,12,16H,7-10,14H2,1H3. The highest BCUT2D eigenvalue weighted by atomic mass is 16.6. The Kier molecular flexibility index (Phi) is 3.79. The third-order valence-electron chi connectivity index (χ3n) is 3.38. The molecule has 2 rings (SSSR count). The van der Waals surface area contributed by atoms with Gasteiger partial charge in [-0.1, -0.05) is 30.3 Å². The molecular formula is C13H20N2O2. The molecule has 0 aliphatic carbocycles. The van der Waals surface area contributed by atoms with Crippen molar-refractivity contribution in [2.45, 2.75) is 24.8 Å². The molecule has 0 aromatic heterocycles. The lowest BCUT2D eigenvalue weighted by atomic mass is 10.00. The first-order chi connectivity index (χ1) is 8.14. The number of methoxy groups -OCH3 is 1. The second-order valence-corrected chi connectivity index (χ2v) is 4.77. The molecule has 4 heteroatoms. The lowest BCUT2D eigenvalue weighted by Gasteiger charge is -2.28. The molecule has 0 amide bonds. The second kappa shape index (κ2) is 5.14. The van der Waals surface area contributed by atoms with E-state index in [4.69, 9.17) is 10.5 Å². The Labute approximate surface area is 102 Å². The number of aliphatic hydroxyl groups excluding tert-OH is 1. The molecule has 1 aromatic rings. The van der Waals surface area contributed by atoms with Gasteiger partial charge in [-0.15, -0.1) is 0 Å². The van der Waals surface area contributed by atoms with Gasteiger partial charge in [0.1, 0.15) is 0 Å². The normalized spacial score (nSPS) is 27.2. The van der Waals surface area contributed by atoms with Crippen LogP contribution in [0.2, 0.25) is 0 Å². The number of rotatable bonds is 4. The molecule has 0 saturated carbocycles. The number of aliphatic hydroxyl groups is 1. The molecule has 3 N–H and O–H groups in total. The molecule has 1 heterocycles. The van der Waals surface area contributed by atoms with E-state index in [1.165, 1.54) is 12.7 Å². The molecule has 1 aliphatic heterocycles. The Balaban J connectivity index is 1.94. The predicted molar refractivity (Wildman–Crippen MR) is 66.3 cm³/mol. The third-order valence-corrected chi connectivity index (χ3v) is 3.38. The fourth-order valence-corrected chi connectivity index (χ4v) is 2.35. The van der Waals surface area contributed by atoms with Crippen molar-refractivity contribution in [1.82, 2.24) is 4.90 Å². The maximum atomic E-state index is 9.73. The van der Waals surface area contributed by atoms with E-state index in [1.54, 1.807) is 0 Å². The first-order valence-corrected chi connectivity index (χ1v) is 5.90. The molecule has 0 spiro atoms. The monoisotopic (exact) mass is 236 g/mol. The number of nitrogens with two attached hydrogens (primary N) is 1. The Hall–Kier alpha value is -0.940. The van der Waals surface area contributed by atoms with Gasteiger partial charge in [0.25, 0.3) is 0 Å². The van der Waals surface area contributed by atoms with Gasteiger partial charge in [-0.25, -0.2) is 0 Å². The van der Waals surface area contributed by atoms with Gasteiger partial charge in [0, 0.05) is 26.7 Å². The van der Waals surface area contributed by atoms with Gasteiger partial charge in [-0.3, -0.25) is 4.90 Å². The second-order valence-electron chi connectivity index (χ2n) is 4.77. The summed E-state index contributed by atoms with van der Waals surface area (Å²) in [6.07, 6.45) is -0.127. The van der Waals surface area contributed by atoms with Crippen LogP contribution in [0.15, 0.2) is 30.3 Å². The number of likely N-dealkylation sites (tertiary alicyclic amines) is 1. The highest BCUT2D eigenvalue weighted by Crippen LogP contribution is 2.24. The summed E-state index contributed by atoms with van der Waals surface area (Å²) in [5.74, 6) is 0. The van der Waals surface area contributed by atoms with Crippen LogP contribution in [0.4, 0.5) is 0 Å². The number of hydrogen-bond acceptors (Lipinski definition) is 4. The van der Waals surface area contributed by atoms with Crippen LogP contribution in [-0.4, -0.2) is 42.0 Å². The molecule has 1 fully saturated rings. The summed E-state index contributed by atoms with van der Waals surface area (Å²) in [5, 5.41) is 9.73. The van der Waals surface area contributed by atoms with Crippen LogP contribution in [0.1, 0.15) is 12.0 Å². The van der Waals surface area contributed by atoms with Crippen LogP contribution in [0, 0.1) is 0 Å². The van der Waals surface area contributed by atoms with Gasteiger partial charge < -0.3 is 15.6 Å². The van der Waals surface area contributed by atoms with Crippen molar-refractivity contribution in [3.8, 4) is 0 Å². The highest BCUT2D eigenvalue weighted by molar-refractivity contribution is 5.15. The van der Waals surface area contributed by atoms with Crippen molar-refractivity contribution >= 4 is 0 Å². The van der Waals surface area contributed by atoms with Crippen LogP contribution in [-0.2, 0) is 11.3 Å². The van der Waals surface area contributed by atoms with Crippen molar-refractivity contribution < 1.29 is 9.84 Å². The first-order valence-electron chi connectivity index (χ1n) is 5.90. The van der Waals surface area contributed by atoms with E-state index in [9.17, 15) is 5.11 Å². The molecule has 2 unspecified atom stereocenters. The zero-order chi connectivity index (χ0) is 12.3. The average Bonchev–Trinajstić information content (AvgIpc) is 2.72. The van der Waals surface area contributed by atoms with E-state index in [2.05, 4.69) is 17.0 Å². The van der Waals surface area contributed by atoms with E-state index >= 15 is 0 Å². The smallest absolute Gasteiger partial charge is 0.173 e. The number of nitrogens with zero attached hydrogens (tertiary/aromatic N) is 1. The van der Waals surface area contributed by atoms with E-state index in [0.717, 1.165) is 19.5 Å². The van der Waals surface area contributed by atoms with Gasteiger partial charge in [-0.05, 0) is 12.0 Å². The zero-order valence-electron chi connectivity index (χ0n) is 10.2. The molecule has 0 bridgehead atoms. The van der Waals surface area contributed by atoms with Crippen LogP contribution in [0.5, 0.6) is 0 Å². The lowest BCUT2D eigenvalue weighted by molar-refractivity contribution is -0.120. The van der Waals surface area contributed by atoms with Crippen LogP contribution in [0.3, 0.4) is 0 Å². The van der Waals surface area contributed by atoms with Crippen LogP contribution >= 0.6 is 0 Å². The van der Waals surface area contributed by atoms with Gasteiger partial charge in [-0.2, -0.15) is 0 Å². The van der Waals surface area contributed by atoms with E-state index in [1.807, 2.05) is 18.2 Å². The first kappa shape index (κ1) is 12.5. The topological polar surface area (TPSA) is 58.7 Å². The third kappa shape index (κ3) is 2.84. The fourth-order valence-electron chi connectivity index (χ4n) is 2.35. The summed E-state index contributed by atoms with van der Waals surface area (Å²) < 4.78 is 4.94. The Morgan fingerprint density at radius 2 is 2.18 bits per heavy atom. The van der Waals surface area contributed by atoms with E-state index in [0.29, 0.717) is 6.54 Å². The van der Waals surface area contributed by atoms with Gasteiger partial charge in [0.15, 0.2) is 6.29 Å². The minimum Gasteiger partial charge on any atom is -0.366 e. The summed E-state index contributed by atoms with van der Waals surface area (Å²) in [6, 6.07) is 10.3.